The highest BCUT2D eigenvalue weighted by molar-refractivity contribution is 6.00. The van der Waals surface area contributed by atoms with E-state index in [9.17, 15) is 9.59 Å². The topological polar surface area (TPSA) is 66.4 Å². The molecule has 0 amide bonds. The van der Waals surface area contributed by atoms with Crippen LogP contribution in [0.2, 0.25) is 0 Å². The highest BCUT2D eigenvalue weighted by Gasteiger charge is 2.22. The average molecular weight is 289 g/mol. The lowest BCUT2D eigenvalue weighted by Crippen LogP contribution is -2.37. The minimum Gasteiger partial charge on any atom is -0.481 e. The zero-order chi connectivity index (χ0) is 15.2. The van der Waals surface area contributed by atoms with Crippen molar-refractivity contribution in [3.05, 3.63) is 34.9 Å². The highest BCUT2D eigenvalue weighted by atomic mass is 16.4. The molecule has 1 aliphatic carbocycles. The van der Waals surface area contributed by atoms with Gasteiger partial charge >= 0.3 is 5.97 Å². The van der Waals surface area contributed by atoms with Gasteiger partial charge in [-0.05, 0) is 55.8 Å². The summed E-state index contributed by atoms with van der Waals surface area (Å²) in [7, 11) is 0. The monoisotopic (exact) mass is 289 g/mol. The first kappa shape index (κ1) is 15.7. The third kappa shape index (κ3) is 4.14. The molecule has 0 aromatic heterocycles. The summed E-state index contributed by atoms with van der Waals surface area (Å²) in [5.74, 6) is -0.848. The van der Waals surface area contributed by atoms with Gasteiger partial charge in [-0.1, -0.05) is 19.1 Å². The Morgan fingerprint density at radius 1 is 1.29 bits per heavy atom. The summed E-state index contributed by atoms with van der Waals surface area (Å²) in [5, 5.41) is 12.0. The van der Waals surface area contributed by atoms with Gasteiger partial charge in [0.15, 0.2) is 5.78 Å². The molecule has 0 saturated heterocycles. The van der Waals surface area contributed by atoms with Crippen molar-refractivity contribution >= 4 is 11.8 Å². The Morgan fingerprint density at radius 3 is 2.76 bits per heavy atom. The first-order chi connectivity index (χ1) is 10.1. The summed E-state index contributed by atoms with van der Waals surface area (Å²) in [4.78, 5) is 23.4. The molecule has 0 fully saturated rings. The predicted molar refractivity (Wildman–Crippen MR) is 81.7 cm³/mol. The number of rotatable bonds is 8. The second-order valence-corrected chi connectivity index (χ2v) is 5.64. The van der Waals surface area contributed by atoms with E-state index >= 15 is 0 Å². The van der Waals surface area contributed by atoms with Crippen molar-refractivity contribution in [1.82, 2.24) is 5.32 Å². The smallest absolute Gasteiger partial charge is 0.303 e. The Bertz CT molecular complexity index is 525. The fraction of sp³-hybridized carbons (Fsp3) is 0.529. The zero-order valence-corrected chi connectivity index (χ0v) is 12.5. The molecule has 1 aromatic rings. The summed E-state index contributed by atoms with van der Waals surface area (Å²) in [6.07, 6.45) is 4.56. The molecule has 1 atom stereocenters. The lowest BCUT2D eigenvalue weighted by atomic mass is 9.97. The van der Waals surface area contributed by atoms with Crippen LogP contribution < -0.4 is 5.32 Å². The van der Waals surface area contributed by atoms with Crippen molar-refractivity contribution in [2.24, 2.45) is 0 Å². The van der Waals surface area contributed by atoms with E-state index in [0.29, 0.717) is 12.0 Å². The highest BCUT2D eigenvalue weighted by Crippen LogP contribution is 2.23. The molecule has 0 heterocycles. The van der Waals surface area contributed by atoms with Crippen molar-refractivity contribution in [2.75, 3.05) is 6.54 Å². The maximum absolute atomic E-state index is 12.6. The molecule has 2 rings (SSSR count). The number of fused-ring (bicyclic) bond motifs is 1. The summed E-state index contributed by atoms with van der Waals surface area (Å²) in [5.41, 5.74) is 3.32. The molecule has 0 radical (unpaired) electrons. The number of aliphatic carboxylic acids is 1. The third-order valence-corrected chi connectivity index (χ3v) is 3.99. The van der Waals surface area contributed by atoms with Crippen molar-refractivity contribution in [3.8, 4) is 0 Å². The molecule has 2 N–H and O–H groups in total. The summed E-state index contributed by atoms with van der Waals surface area (Å²) in [6, 6.07) is 5.52. The van der Waals surface area contributed by atoms with Crippen LogP contribution in [0, 0.1) is 0 Å². The van der Waals surface area contributed by atoms with Crippen molar-refractivity contribution < 1.29 is 14.7 Å². The lowest BCUT2D eigenvalue weighted by Gasteiger charge is -2.17. The Morgan fingerprint density at radius 2 is 2.05 bits per heavy atom. The molecule has 1 aromatic carbocycles. The molecule has 114 valence electrons. The van der Waals surface area contributed by atoms with Gasteiger partial charge in [0.2, 0.25) is 0 Å². The number of hydrogen-bond donors (Lipinski definition) is 2. The molecular formula is C17H23NO3. The molecule has 21 heavy (non-hydrogen) atoms. The third-order valence-electron chi connectivity index (χ3n) is 3.99. The van der Waals surface area contributed by atoms with Crippen LogP contribution in [0.5, 0.6) is 0 Å². The van der Waals surface area contributed by atoms with Crippen LogP contribution >= 0.6 is 0 Å². The summed E-state index contributed by atoms with van der Waals surface area (Å²) in [6.45, 7) is 2.75. The number of carboxylic acid groups (broad SMARTS) is 1. The number of Topliss-reactive ketones (excluding diaryl/α,β-unsaturated/α-hetero) is 1. The first-order valence-electron chi connectivity index (χ1n) is 7.73. The van der Waals surface area contributed by atoms with E-state index in [0.717, 1.165) is 32.2 Å². The van der Waals surface area contributed by atoms with Crippen molar-refractivity contribution in [2.45, 2.75) is 51.5 Å². The molecule has 4 heteroatoms. The van der Waals surface area contributed by atoms with Gasteiger partial charge in [-0.3, -0.25) is 9.59 Å². The van der Waals surface area contributed by atoms with E-state index < -0.39 is 12.0 Å². The Kier molecular flexibility index (Phi) is 5.51. The summed E-state index contributed by atoms with van der Waals surface area (Å²) >= 11 is 0. The Labute approximate surface area is 125 Å². The molecule has 1 unspecified atom stereocenters. The number of hydrogen-bond acceptors (Lipinski definition) is 3. The number of carboxylic acids is 1. The molecule has 0 bridgehead atoms. The van der Waals surface area contributed by atoms with E-state index in [1.54, 1.807) is 0 Å². The number of benzene rings is 1. The fourth-order valence-corrected chi connectivity index (χ4v) is 2.84. The molecular weight excluding hydrogens is 266 g/mol. The van der Waals surface area contributed by atoms with E-state index in [2.05, 4.69) is 5.32 Å². The molecule has 0 spiro atoms. The number of ketones is 1. The fourth-order valence-electron chi connectivity index (χ4n) is 2.84. The predicted octanol–water partition coefficient (Wildman–Crippen LogP) is 2.59. The van der Waals surface area contributed by atoms with Gasteiger partial charge in [0, 0.05) is 12.0 Å². The first-order valence-corrected chi connectivity index (χ1v) is 7.73. The molecule has 4 nitrogen and oxygen atoms in total. The number of carbonyl (C=O) groups excluding carboxylic acids is 1. The number of nitrogens with one attached hydrogen (secondary N) is 1. The van der Waals surface area contributed by atoms with E-state index in [4.69, 9.17) is 5.11 Å². The maximum atomic E-state index is 12.6. The Hall–Kier alpha value is -1.68. The van der Waals surface area contributed by atoms with Crippen LogP contribution in [-0.2, 0) is 17.6 Å². The molecule has 1 aliphatic rings. The van der Waals surface area contributed by atoms with Crippen LogP contribution in [-0.4, -0.2) is 29.4 Å². The zero-order valence-electron chi connectivity index (χ0n) is 12.5. The standard InChI is InChI=1S/C17H23NO3/c1-2-10-18-15(8-9-16(19)20)17(21)14-7-6-12-4-3-5-13(12)11-14/h6-7,11,15,18H,2-5,8-10H2,1H3,(H,19,20). The quantitative estimate of drug-likeness (QED) is 0.722. The van der Waals surface area contributed by atoms with E-state index in [-0.39, 0.29) is 12.2 Å². The number of aryl methyl sites for hydroxylation is 2. The van der Waals surface area contributed by atoms with Gasteiger partial charge in [0.1, 0.15) is 0 Å². The van der Waals surface area contributed by atoms with Gasteiger partial charge in [0.05, 0.1) is 6.04 Å². The minimum atomic E-state index is -0.861. The van der Waals surface area contributed by atoms with Crippen LogP contribution in [0.25, 0.3) is 0 Å². The summed E-state index contributed by atoms with van der Waals surface area (Å²) < 4.78 is 0. The van der Waals surface area contributed by atoms with Crippen molar-refractivity contribution in [3.63, 3.8) is 0 Å². The van der Waals surface area contributed by atoms with E-state index in [1.165, 1.54) is 11.1 Å². The average Bonchev–Trinajstić information content (AvgIpc) is 2.93. The minimum absolute atomic E-state index is 0.0120. The van der Waals surface area contributed by atoms with Crippen LogP contribution in [0.3, 0.4) is 0 Å². The van der Waals surface area contributed by atoms with Crippen molar-refractivity contribution in [1.29, 1.82) is 0 Å². The maximum Gasteiger partial charge on any atom is 0.303 e. The van der Waals surface area contributed by atoms with Gasteiger partial charge in [0.25, 0.3) is 0 Å². The number of carbonyl (C=O) groups is 2. The Balaban J connectivity index is 2.10. The van der Waals surface area contributed by atoms with Crippen LogP contribution in [0.1, 0.15) is 54.1 Å². The SMILES string of the molecule is CCCNC(CCC(=O)O)C(=O)c1ccc2c(c1)CCC2. The van der Waals surface area contributed by atoms with Crippen LogP contribution in [0.4, 0.5) is 0 Å². The molecule has 0 aliphatic heterocycles. The lowest BCUT2D eigenvalue weighted by molar-refractivity contribution is -0.137. The second-order valence-electron chi connectivity index (χ2n) is 5.64. The van der Waals surface area contributed by atoms with Gasteiger partial charge in [-0.15, -0.1) is 0 Å². The second kappa shape index (κ2) is 7.36. The van der Waals surface area contributed by atoms with Crippen LogP contribution in [0.15, 0.2) is 18.2 Å². The van der Waals surface area contributed by atoms with E-state index in [1.807, 2.05) is 25.1 Å². The van der Waals surface area contributed by atoms with Gasteiger partial charge in [-0.25, -0.2) is 0 Å². The normalized spacial score (nSPS) is 14.7. The van der Waals surface area contributed by atoms with Gasteiger partial charge in [-0.2, -0.15) is 0 Å². The molecule has 0 saturated carbocycles. The van der Waals surface area contributed by atoms with Gasteiger partial charge < -0.3 is 10.4 Å². The largest absolute Gasteiger partial charge is 0.481 e.